The summed E-state index contributed by atoms with van der Waals surface area (Å²) in [5.74, 6) is 7.06. The van der Waals surface area contributed by atoms with Gasteiger partial charge in [-0.2, -0.15) is 0 Å². The summed E-state index contributed by atoms with van der Waals surface area (Å²) in [6.07, 6.45) is 15.8. The summed E-state index contributed by atoms with van der Waals surface area (Å²) in [7, 11) is 1.59. The van der Waals surface area contributed by atoms with Crippen LogP contribution in [0.1, 0.15) is 50.7 Å². The van der Waals surface area contributed by atoms with Crippen molar-refractivity contribution in [3.63, 3.8) is 0 Å². The van der Waals surface area contributed by atoms with Crippen molar-refractivity contribution in [1.29, 1.82) is 0 Å². The van der Waals surface area contributed by atoms with Gasteiger partial charge in [-0.3, -0.25) is 0 Å². The number of terminal acetylenes is 2. The van der Waals surface area contributed by atoms with Crippen molar-refractivity contribution in [3.8, 4) is 36.2 Å². The van der Waals surface area contributed by atoms with E-state index in [-0.39, 0.29) is 0 Å². The Morgan fingerprint density at radius 1 is 1.14 bits per heavy atom. The summed E-state index contributed by atoms with van der Waals surface area (Å²) in [5.41, 5.74) is 1.29. The van der Waals surface area contributed by atoms with E-state index in [1.807, 2.05) is 0 Å². The van der Waals surface area contributed by atoms with Crippen molar-refractivity contribution < 1.29 is 9.47 Å². The molecule has 0 amide bonds. The highest BCUT2D eigenvalue weighted by Crippen LogP contribution is 2.29. The highest BCUT2D eigenvalue weighted by Gasteiger charge is 2.13. The maximum absolute atomic E-state index is 5.96. The number of methoxy groups -OCH3 is 1. The van der Waals surface area contributed by atoms with E-state index in [0.29, 0.717) is 35.2 Å². The molecule has 0 radical (unpaired) electrons. The van der Waals surface area contributed by atoms with Gasteiger partial charge in [0.1, 0.15) is 5.75 Å². The molecule has 1 atom stereocenters. The van der Waals surface area contributed by atoms with Crippen LogP contribution < -0.4 is 9.47 Å². The number of ether oxygens (including phenoxy) is 2. The van der Waals surface area contributed by atoms with Crippen LogP contribution in [-0.4, -0.2) is 13.7 Å². The van der Waals surface area contributed by atoms with Crippen LogP contribution in [0.5, 0.6) is 11.5 Å². The Kier molecular flexibility index (Phi) is 7.27. The van der Waals surface area contributed by atoms with E-state index in [1.54, 1.807) is 19.2 Å². The Bertz CT molecular complexity index is 496. The van der Waals surface area contributed by atoms with Crippen LogP contribution in [0.2, 0.25) is 0 Å². The average Bonchev–Trinajstić information content (AvgIpc) is 2.54. The number of unbranched alkanes of at least 4 members (excludes halogenated alkanes) is 1. The molecule has 0 heterocycles. The quantitative estimate of drug-likeness (QED) is 0.664. The van der Waals surface area contributed by atoms with Gasteiger partial charge in [0.15, 0.2) is 5.75 Å². The Morgan fingerprint density at radius 2 is 1.76 bits per heavy atom. The summed E-state index contributed by atoms with van der Waals surface area (Å²) >= 11 is 0. The lowest BCUT2D eigenvalue weighted by molar-refractivity contribution is 0.232. The second kappa shape index (κ2) is 8.98. The van der Waals surface area contributed by atoms with Gasteiger partial charge in [-0.1, -0.05) is 45.0 Å². The molecule has 0 aliphatic carbocycles. The molecule has 2 nitrogen and oxygen atoms in total. The highest BCUT2D eigenvalue weighted by atomic mass is 16.5. The van der Waals surface area contributed by atoms with Crippen LogP contribution in [0.4, 0.5) is 0 Å². The second-order valence-corrected chi connectivity index (χ2v) is 5.07. The molecule has 1 aromatic carbocycles. The van der Waals surface area contributed by atoms with E-state index in [2.05, 4.69) is 25.7 Å². The van der Waals surface area contributed by atoms with Gasteiger partial charge < -0.3 is 9.47 Å². The summed E-state index contributed by atoms with van der Waals surface area (Å²) in [6, 6.07) is 3.56. The topological polar surface area (TPSA) is 18.5 Å². The predicted molar refractivity (Wildman–Crippen MR) is 87.7 cm³/mol. The molecule has 0 aliphatic heterocycles. The first kappa shape index (κ1) is 17.0. The molecular formula is C19H24O2. The van der Waals surface area contributed by atoms with Gasteiger partial charge in [0.05, 0.1) is 24.8 Å². The van der Waals surface area contributed by atoms with Gasteiger partial charge >= 0.3 is 0 Å². The van der Waals surface area contributed by atoms with Gasteiger partial charge in [-0.25, -0.2) is 0 Å². The molecule has 1 rings (SSSR count). The molecule has 112 valence electrons. The molecule has 0 saturated carbocycles. The minimum Gasteiger partial charge on any atom is -0.497 e. The fraction of sp³-hybridized carbons (Fsp3) is 0.474. The van der Waals surface area contributed by atoms with Crippen LogP contribution in [0, 0.1) is 30.6 Å². The molecule has 0 saturated heterocycles. The number of hydrogen-bond donors (Lipinski definition) is 0. The monoisotopic (exact) mass is 284 g/mol. The molecule has 0 aromatic heterocycles. The smallest absolute Gasteiger partial charge is 0.150 e. The molecule has 0 aliphatic rings. The molecular weight excluding hydrogens is 260 g/mol. The SMILES string of the molecule is C#Cc1cc(OC)cc(C#C)c1OCC(CC)CCCC. The molecule has 2 heteroatoms. The lowest BCUT2D eigenvalue weighted by atomic mass is 10.0. The number of hydrogen-bond acceptors (Lipinski definition) is 2. The fourth-order valence-electron chi connectivity index (χ4n) is 2.19. The molecule has 0 spiro atoms. The van der Waals surface area contributed by atoms with Gasteiger partial charge in [0, 0.05) is 0 Å². The lowest BCUT2D eigenvalue weighted by Crippen LogP contribution is -2.12. The van der Waals surface area contributed by atoms with Crippen molar-refractivity contribution in [1.82, 2.24) is 0 Å². The zero-order valence-corrected chi connectivity index (χ0v) is 13.2. The van der Waals surface area contributed by atoms with Gasteiger partial charge in [-0.05, 0) is 24.5 Å². The average molecular weight is 284 g/mol. The zero-order chi connectivity index (χ0) is 15.7. The third-order valence-corrected chi connectivity index (χ3v) is 3.62. The molecule has 21 heavy (non-hydrogen) atoms. The second-order valence-electron chi connectivity index (χ2n) is 5.07. The Morgan fingerprint density at radius 3 is 2.19 bits per heavy atom. The fourth-order valence-corrected chi connectivity index (χ4v) is 2.19. The first-order chi connectivity index (χ1) is 10.2. The summed E-state index contributed by atoms with van der Waals surface area (Å²) in [5, 5.41) is 0. The highest BCUT2D eigenvalue weighted by molar-refractivity contribution is 5.59. The van der Waals surface area contributed by atoms with Gasteiger partial charge in [0.2, 0.25) is 0 Å². The molecule has 0 N–H and O–H groups in total. The van der Waals surface area contributed by atoms with Crippen LogP contribution >= 0.6 is 0 Å². The third-order valence-electron chi connectivity index (χ3n) is 3.62. The number of rotatable bonds is 8. The molecule has 0 fully saturated rings. The maximum atomic E-state index is 5.96. The maximum Gasteiger partial charge on any atom is 0.150 e. The summed E-state index contributed by atoms with van der Waals surface area (Å²) in [4.78, 5) is 0. The van der Waals surface area contributed by atoms with E-state index in [4.69, 9.17) is 22.3 Å². The molecule has 1 unspecified atom stereocenters. The largest absolute Gasteiger partial charge is 0.497 e. The van der Waals surface area contributed by atoms with Crippen LogP contribution in [0.15, 0.2) is 12.1 Å². The Hall–Kier alpha value is -2.06. The Labute approximate surface area is 128 Å². The normalized spacial score (nSPS) is 11.3. The zero-order valence-electron chi connectivity index (χ0n) is 13.2. The van der Waals surface area contributed by atoms with Crippen molar-refractivity contribution >= 4 is 0 Å². The standard InChI is InChI=1S/C19H24O2/c1-6-10-11-15(7-2)14-21-19-16(8-3)12-18(20-5)13-17(19)9-4/h3-4,12-13,15H,6-7,10-11,14H2,1-2,5H3. The van der Waals surface area contributed by atoms with Crippen molar-refractivity contribution in [2.45, 2.75) is 39.5 Å². The Balaban J connectivity index is 2.92. The van der Waals surface area contributed by atoms with Gasteiger partial charge in [-0.15, -0.1) is 12.8 Å². The van der Waals surface area contributed by atoms with E-state index in [9.17, 15) is 0 Å². The first-order valence-corrected chi connectivity index (χ1v) is 7.48. The van der Waals surface area contributed by atoms with E-state index < -0.39 is 0 Å². The molecule has 1 aromatic rings. The predicted octanol–water partition coefficient (Wildman–Crippen LogP) is 4.25. The van der Waals surface area contributed by atoms with Gasteiger partial charge in [0.25, 0.3) is 0 Å². The summed E-state index contributed by atoms with van der Waals surface area (Å²) in [6.45, 7) is 5.03. The van der Waals surface area contributed by atoms with Crippen LogP contribution in [-0.2, 0) is 0 Å². The van der Waals surface area contributed by atoms with E-state index in [1.165, 1.54) is 19.3 Å². The minimum absolute atomic E-state index is 0.531. The van der Waals surface area contributed by atoms with Crippen molar-refractivity contribution in [2.24, 2.45) is 5.92 Å². The molecule has 0 bridgehead atoms. The van der Waals surface area contributed by atoms with Crippen LogP contribution in [0.25, 0.3) is 0 Å². The lowest BCUT2D eigenvalue weighted by Gasteiger charge is -2.18. The first-order valence-electron chi connectivity index (χ1n) is 7.48. The van der Waals surface area contributed by atoms with Crippen molar-refractivity contribution in [3.05, 3.63) is 23.3 Å². The van der Waals surface area contributed by atoms with Crippen molar-refractivity contribution in [2.75, 3.05) is 13.7 Å². The van der Waals surface area contributed by atoms with E-state index in [0.717, 1.165) is 6.42 Å². The van der Waals surface area contributed by atoms with E-state index >= 15 is 0 Å². The summed E-state index contributed by atoms with van der Waals surface area (Å²) < 4.78 is 11.2. The third kappa shape index (κ3) is 4.76. The minimum atomic E-state index is 0.531. The number of benzene rings is 1. The van der Waals surface area contributed by atoms with Crippen LogP contribution in [0.3, 0.4) is 0 Å².